The third kappa shape index (κ3) is 2.77. The van der Waals surface area contributed by atoms with Gasteiger partial charge in [-0.25, -0.2) is 0 Å². The van der Waals surface area contributed by atoms with Gasteiger partial charge in [-0.15, -0.1) is 0 Å². The summed E-state index contributed by atoms with van der Waals surface area (Å²) in [5.74, 6) is 0.765. The molecule has 1 aromatic rings. The number of H-pyrrole nitrogens is 1. The van der Waals surface area contributed by atoms with Gasteiger partial charge in [0.2, 0.25) is 5.91 Å². The number of nitrogens with one attached hydrogen (secondary N) is 2. The molecule has 0 aromatic carbocycles. The monoisotopic (exact) mass is 182 g/mol. The Balaban J connectivity index is 2.50. The van der Waals surface area contributed by atoms with Crippen LogP contribution < -0.4 is 11.1 Å². The number of aromatic nitrogens is 2. The molecule has 5 nitrogen and oxygen atoms in total. The molecule has 1 amide bonds. The van der Waals surface area contributed by atoms with Gasteiger partial charge < -0.3 is 11.1 Å². The van der Waals surface area contributed by atoms with Gasteiger partial charge in [-0.2, -0.15) is 5.10 Å². The van der Waals surface area contributed by atoms with Crippen molar-refractivity contribution >= 4 is 17.4 Å². The molecule has 0 aliphatic heterocycles. The lowest BCUT2D eigenvalue weighted by Gasteiger charge is -2.05. The maximum atomic E-state index is 11.3. The summed E-state index contributed by atoms with van der Waals surface area (Å²) in [7, 11) is 0. The Labute approximate surface area is 76.7 Å². The molecule has 0 saturated carbocycles. The van der Waals surface area contributed by atoms with Crippen LogP contribution in [0.15, 0.2) is 6.20 Å². The Morgan fingerprint density at radius 2 is 2.46 bits per heavy atom. The zero-order valence-corrected chi connectivity index (χ0v) is 7.79. The van der Waals surface area contributed by atoms with Crippen molar-refractivity contribution in [2.45, 2.75) is 20.3 Å². The van der Waals surface area contributed by atoms with Gasteiger partial charge in [-0.3, -0.25) is 9.89 Å². The standard InChI is InChI=1S/C8H14N4O/c1-5(2)3-7(13)11-8-6(9)4-10-12-8/h4-5H,3,9H2,1-2H3,(H2,10,11,12,13). The topological polar surface area (TPSA) is 83.8 Å². The molecular formula is C8H14N4O. The number of nitrogens with zero attached hydrogens (tertiary/aromatic N) is 1. The van der Waals surface area contributed by atoms with E-state index in [4.69, 9.17) is 5.73 Å². The molecule has 0 aliphatic carbocycles. The quantitative estimate of drug-likeness (QED) is 0.651. The molecule has 5 heteroatoms. The van der Waals surface area contributed by atoms with Crippen LogP contribution in [0.2, 0.25) is 0 Å². The summed E-state index contributed by atoms with van der Waals surface area (Å²) in [5.41, 5.74) is 5.97. The van der Waals surface area contributed by atoms with Crippen LogP contribution in [0.4, 0.5) is 11.5 Å². The summed E-state index contributed by atoms with van der Waals surface area (Å²) in [5, 5.41) is 8.93. The second-order valence-corrected chi connectivity index (χ2v) is 3.35. The molecule has 0 bridgehead atoms. The molecule has 1 heterocycles. The number of nitrogens with two attached hydrogens (primary N) is 1. The van der Waals surface area contributed by atoms with E-state index in [0.29, 0.717) is 23.8 Å². The smallest absolute Gasteiger partial charge is 0.225 e. The summed E-state index contributed by atoms with van der Waals surface area (Å²) in [6.45, 7) is 3.96. The number of hydrogen-bond acceptors (Lipinski definition) is 3. The van der Waals surface area contributed by atoms with Crippen LogP contribution in [-0.4, -0.2) is 16.1 Å². The highest BCUT2D eigenvalue weighted by Crippen LogP contribution is 2.13. The number of anilines is 2. The Kier molecular flexibility index (Phi) is 2.89. The first-order chi connectivity index (χ1) is 6.09. The molecule has 1 rings (SSSR count). The molecule has 1 aromatic heterocycles. The van der Waals surface area contributed by atoms with Gasteiger partial charge in [0.1, 0.15) is 0 Å². The van der Waals surface area contributed by atoms with Crippen molar-refractivity contribution in [2.75, 3.05) is 11.1 Å². The molecule has 0 aliphatic rings. The molecule has 0 radical (unpaired) electrons. The van der Waals surface area contributed by atoms with E-state index in [-0.39, 0.29) is 5.91 Å². The average Bonchev–Trinajstić information content (AvgIpc) is 2.34. The summed E-state index contributed by atoms with van der Waals surface area (Å²) < 4.78 is 0. The Hall–Kier alpha value is -1.52. The third-order valence-corrected chi connectivity index (χ3v) is 1.53. The van der Waals surface area contributed by atoms with E-state index in [2.05, 4.69) is 15.5 Å². The second-order valence-electron chi connectivity index (χ2n) is 3.35. The molecule has 4 N–H and O–H groups in total. The lowest BCUT2D eigenvalue weighted by atomic mass is 10.1. The number of amides is 1. The van der Waals surface area contributed by atoms with E-state index in [9.17, 15) is 4.79 Å². The van der Waals surface area contributed by atoms with Gasteiger partial charge in [0.05, 0.1) is 11.9 Å². The van der Waals surface area contributed by atoms with Gasteiger partial charge in [0, 0.05) is 6.42 Å². The van der Waals surface area contributed by atoms with Crippen LogP contribution in [0, 0.1) is 5.92 Å². The molecule has 72 valence electrons. The normalized spacial score (nSPS) is 10.4. The lowest BCUT2D eigenvalue weighted by molar-refractivity contribution is -0.116. The van der Waals surface area contributed by atoms with E-state index >= 15 is 0 Å². The third-order valence-electron chi connectivity index (χ3n) is 1.53. The fourth-order valence-corrected chi connectivity index (χ4v) is 0.957. The fraction of sp³-hybridized carbons (Fsp3) is 0.500. The molecule has 0 spiro atoms. The molecule has 0 saturated heterocycles. The van der Waals surface area contributed by atoms with Crippen molar-refractivity contribution in [1.82, 2.24) is 10.2 Å². The molecule has 0 atom stereocenters. The fourth-order valence-electron chi connectivity index (χ4n) is 0.957. The lowest BCUT2D eigenvalue weighted by Crippen LogP contribution is -2.14. The molecule has 0 unspecified atom stereocenters. The van der Waals surface area contributed by atoms with Gasteiger partial charge >= 0.3 is 0 Å². The number of hydrogen-bond donors (Lipinski definition) is 3. The van der Waals surface area contributed by atoms with E-state index in [1.54, 1.807) is 0 Å². The van der Waals surface area contributed by atoms with Crippen LogP contribution in [0.1, 0.15) is 20.3 Å². The average molecular weight is 182 g/mol. The number of carbonyl (C=O) groups is 1. The maximum Gasteiger partial charge on any atom is 0.225 e. The van der Waals surface area contributed by atoms with Crippen molar-refractivity contribution in [3.63, 3.8) is 0 Å². The zero-order chi connectivity index (χ0) is 9.84. The highest BCUT2D eigenvalue weighted by Gasteiger charge is 2.07. The Morgan fingerprint density at radius 1 is 1.77 bits per heavy atom. The first kappa shape index (κ1) is 9.57. The second kappa shape index (κ2) is 3.93. The van der Waals surface area contributed by atoms with Gasteiger partial charge in [-0.05, 0) is 5.92 Å². The Bertz CT molecular complexity index is 292. The predicted octanol–water partition coefficient (Wildman–Crippen LogP) is 0.976. The Morgan fingerprint density at radius 3 is 2.92 bits per heavy atom. The van der Waals surface area contributed by atoms with Gasteiger partial charge in [0.15, 0.2) is 5.82 Å². The summed E-state index contributed by atoms with van der Waals surface area (Å²) in [6, 6.07) is 0. The minimum atomic E-state index is -0.0500. The number of carbonyl (C=O) groups excluding carboxylic acids is 1. The summed E-state index contributed by atoms with van der Waals surface area (Å²) >= 11 is 0. The van der Waals surface area contributed by atoms with E-state index in [1.807, 2.05) is 13.8 Å². The number of rotatable bonds is 3. The van der Waals surface area contributed by atoms with Crippen molar-refractivity contribution in [2.24, 2.45) is 5.92 Å². The summed E-state index contributed by atoms with van der Waals surface area (Å²) in [4.78, 5) is 11.3. The first-order valence-electron chi connectivity index (χ1n) is 4.18. The highest BCUT2D eigenvalue weighted by atomic mass is 16.1. The van der Waals surface area contributed by atoms with Crippen molar-refractivity contribution in [3.05, 3.63) is 6.20 Å². The van der Waals surface area contributed by atoms with Crippen LogP contribution in [0.25, 0.3) is 0 Å². The minimum Gasteiger partial charge on any atom is -0.394 e. The maximum absolute atomic E-state index is 11.3. The van der Waals surface area contributed by atoms with Crippen molar-refractivity contribution < 1.29 is 4.79 Å². The van der Waals surface area contributed by atoms with Crippen LogP contribution in [0.3, 0.4) is 0 Å². The van der Waals surface area contributed by atoms with Crippen molar-refractivity contribution in [3.8, 4) is 0 Å². The first-order valence-corrected chi connectivity index (χ1v) is 4.18. The molecule has 0 fully saturated rings. The molecule has 13 heavy (non-hydrogen) atoms. The highest BCUT2D eigenvalue weighted by molar-refractivity contribution is 5.92. The minimum absolute atomic E-state index is 0.0500. The van der Waals surface area contributed by atoms with Crippen LogP contribution in [0.5, 0.6) is 0 Å². The predicted molar refractivity (Wildman–Crippen MR) is 51.1 cm³/mol. The van der Waals surface area contributed by atoms with Crippen LogP contribution in [-0.2, 0) is 4.79 Å². The van der Waals surface area contributed by atoms with E-state index in [1.165, 1.54) is 6.20 Å². The summed E-state index contributed by atoms with van der Waals surface area (Å²) in [6.07, 6.45) is 1.95. The largest absolute Gasteiger partial charge is 0.394 e. The van der Waals surface area contributed by atoms with E-state index < -0.39 is 0 Å². The van der Waals surface area contributed by atoms with Crippen LogP contribution >= 0.6 is 0 Å². The van der Waals surface area contributed by atoms with Crippen molar-refractivity contribution in [1.29, 1.82) is 0 Å². The number of aromatic amines is 1. The zero-order valence-electron chi connectivity index (χ0n) is 7.79. The molecular weight excluding hydrogens is 168 g/mol. The van der Waals surface area contributed by atoms with E-state index in [0.717, 1.165) is 0 Å². The SMILES string of the molecule is CC(C)CC(=O)Nc1[nH]ncc1N. The van der Waals surface area contributed by atoms with Gasteiger partial charge in [-0.1, -0.05) is 13.8 Å². The number of nitrogen functional groups attached to an aromatic ring is 1. The van der Waals surface area contributed by atoms with Gasteiger partial charge in [0.25, 0.3) is 0 Å².